The topological polar surface area (TPSA) is 79.4 Å². The Hall–Kier alpha value is -3.87. The van der Waals surface area contributed by atoms with Crippen molar-refractivity contribution in [2.75, 3.05) is 6.61 Å². The minimum Gasteiger partial charge on any atom is -0.464 e. The van der Waals surface area contributed by atoms with Gasteiger partial charge in [0.15, 0.2) is 12.3 Å². The molecule has 0 aliphatic carbocycles. The molecule has 3 heterocycles. The molecule has 5 rings (SSSR count). The van der Waals surface area contributed by atoms with E-state index in [-0.39, 0.29) is 6.61 Å². The van der Waals surface area contributed by atoms with Gasteiger partial charge in [-0.3, -0.25) is 0 Å². The number of carbonyl (C=O) groups is 1. The van der Waals surface area contributed by atoms with Crippen LogP contribution in [0.15, 0.2) is 52.9 Å². The number of fused-ring (bicyclic) bond motifs is 4. The van der Waals surface area contributed by atoms with Gasteiger partial charge in [-0.2, -0.15) is 0 Å². The van der Waals surface area contributed by atoms with Crippen molar-refractivity contribution in [3.63, 3.8) is 0 Å². The Morgan fingerprint density at radius 3 is 2.73 bits per heavy atom. The predicted molar refractivity (Wildman–Crippen MR) is 113 cm³/mol. The molecule has 30 heavy (non-hydrogen) atoms. The third kappa shape index (κ3) is 3.04. The Labute approximate surface area is 171 Å². The van der Waals surface area contributed by atoms with Gasteiger partial charge in [-0.05, 0) is 49.7 Å². The predicted octanol–water partition coefficient (Wildman–Crippen LogP) is 4.47. The maximum Gasteiger partial charge on any atom is 0.349 e. The van der Waals surface area contributed by atoms with Crippen LogP contribution in [0.1, 0.15) is 11.3 Å². The van der Waals surface area contributed by atoms with Gasteiger partial charge in [0, 0.05) is 23.5 Å². The number of hydrogen-bond donors (Lipinski definition) is 0. The number of ether oxygens (including phenoxy) is 2. The number of benzene rings is 2. The summed E-state index contributed by atoms with van der Waals surface area (Å²) in [4.78, 5) is 16.9. The number of pyridine rings is 1. The van der Waals surface area contributed by atoms with Gasteiger partial charge in [0.05, 0.1) is 5.39 Å². The quantitative estimate of drug-likeness (QED) is 0.327. The second kappa shape index (κ2) is 6.88. The van der Waals surface area contributed by atoms with E-state index in [1.807, 2.05) is 44.2 Å². The zero-order valence-electron chi connectivity index (χ0n) is 16.8. The van der Waals surface area contributed by atoms with Crippen LogP contribution in [0.4, 0.5) is 0 Å². The first-order valence-corrected chi connectivity index (χ1v) is 9.55. The number of hydrogen-bond acceptors (Lipinski definition) is 6. The fourth-order valence-electron chi connectivity index (χ4n) is 3.71. The number of esters is 1. The van der Waals surface area contributed by atoms with E-state index >= 15 is 0 Å². The SMILES string of the molecule is Cc1cc(C)c2c(OCC(=O)Oc3ccc4oc5ccccc5c4c3)nn(C)c2n1. The zero-order chi connectivity index (χ0) is 20.8. The van der Waals surface area contributed by atoms with Crippen LogP contribution in [-0.4, -0.2) is 27.3 Å². The van der Waals surface area contributed by atoms with E-state index in [1.165, 1.54) is 0 Å². The van der Waals surface area contributed by atoms with Crippen molar-refractivity contribution in [1.82, 2.24) is 14.8 Å². The Balaban J connectivity index is 1.36. The third-order valence-electron chi connectivity index (χ3n) is 4.99. The number of para-hydroxylation sites is 1. The largest absolute Gasteiger partial charge is 0.464 e. The van der Waals surface area contributed by atoms with Crippen LogP contribution in [0.25, 0.3) is 33.0 Å². The number of aryl methyl sites for hydroxylation is 3. The number of aromatic nitrogens is 3. The molecule has 5 aromatic rings. The minimum absolute atomic E-state index is 0.260. The van der Waals surface area contributed by atoms with E-state index in [0.717, 1.165) is 38.6 Å². The highest BCUT2D eigenvalue weighted by Crippen LogP contribution is 2.31. The first-order valence-electron chi connectivity index (χ1n) is 9.55. The minimum atomic E-state index is -0.515. The Morgan fingerprint density at radius 2 is 1.87 bits per heavy atom. The molecule has 3 aromatic heterocycles. The zero-order valence-corrected chi connectivity index (χ0v) is 16.8. The van der Waals surface area contributed by atoms with Crippen molar-refractivity contribution in [3.8, 4) is 11.6 Å². The average molecular weight is 401 g/mol. The number of nitrogens with zero attached hydrogens (tertiary/aromatic N) is 3. The molecule has 0 aliphatic heterocycles. The summed E-state index contributed by atoms with van der Waals surface area (Å²) in [6.07, 6.45) is 0. The second-order valence-corrected chi connectivity index (χ2v) is 7.23. The van der Waals surface area contributed by atoms with Gasteiger partial charge in [0.1, 0.15) is 16.9 Å². The maximum atomic E-state index is 12.4. The number of carbonyl (C=O) groups excluding carboxylic acids is 1. The molecule has 0 atom stereocenters. The van der Waals surface area contributed by atoms with E-state index in [4.69, 9.17) is 13.9 Å². The van der Waals surface area contributed by atoms with Crippen LogP contribution in [0.2, 0.25) is 0 Å². The highest BCUT2D eigenvalue weighted by Gasteiger charge is 2.17. The molecule has 7 nitrogen and oxygen atoms in total. The summed E-state index contributed by atoms with van der Waals surface area (Å²) in [7, 11) is 1.80. The van der Waals surface area contributed by atoms with Crippen molar-refractivity contribution in [1.29, 1.82) is 0 Å². The summed E-state index contributed by atoms with van der Waals surface area (Å²) in [5, 5.41) is 7.01. The van der Waals surface area contributed by atoms with Gasteiger partial charge in [-0.15, -0.1) is 5.10 Å². The Morgan fingerprint density at radius 1 is 1.07 bits per heavy atom. The lowest BCUT2D eigenvalue weighted by molar-refractivity contribution is -0.136. The van der Waals surface area contributed by atoms with Crippen molar-refractivity contribution in [3.05, 3.63) is 59.8 Å². The molecule has 0 radical (unpaired) electrons. The van der Waals surface area contributed by atoms with Gasteiger partial charge in [0.25, 0.3) is 0 Å². The molecule has 0 amide bonds. The van der Waals surface area contributed by atoms with Crippen molar-refractivity contribution >= 4 is 38.9 Å². The monoisotopic (exact) mass is 401 g/mol. The normalized spacial score (nSPS) is 11.4. The molecule has 7 heteroatoms. The highest BCUT2D eigenvalue weighted by atomic mass is 16.6. The molecule has 150 valence electrons. The van der Waals surface area contributed by atoms with Crippen molar-refractivity contribution in [2.45, 2.75) is 13.8 Å². The van der Waals surface area contributed by atoms with Crippen LogP contribution in [0.3, 0.4) is 0 Å². The van der Waals surface area contributed by atoms with Gasteiger partial charge in [0.2, 0.25) is 5.88 Å². The van der Waals surface area contributed by atoms with E-state index < -0.39 is 5.97 Å². The summed E-state index contributed by atoms with van der Waals surface area (Å²) in [5.74, 6) is 0.284. The van der Waals surface area contributed by atoms with Gasteiger partial charge < -0.3 is 13.9 Å². The third-order valence-corrected chi connectivity index (χ3v) is 4.99. The lowest BCUT2D eigenvalue weighted by Crippen LogP contribution is -2.18. The molecule has 0 saturated carbocycles. The Kier molecular flexibility index (Phi) is 4.17. The fraction of sp³-hybridized carbons (Fsp3) is 0.174. The molecule has 2 aromatic carbocycles. The van der Waals surface area contributed by atoms with E-state index in [2.05, 4.69) is 10.1 Å². The van der Waals surface area contributed by atoms with Crippen LogP contribution in [0, 0.1) is 13.8 Å². The van der Waals surface area contributed by atoms with Crippen molar-refractivity contribution < 1.29 is 18.7 Å². The molecular formula is C23H19N3O4. The summed E-state index contributed by atoms with van der Waals surface area (Å²) in [5.41, 5.74) is 4.14. The van der Waals surface area contributed by atoms with Gasteiger partial charge >= 0.3 is 5.97 Å². The highest BCUT2D eigenvalue weighted by molar-refractivity contribution is 6.05. The van der Waals surface area contributed by atoms with Crippen LogP contribution < -0.4 is 9.47 Å². The van der Waals surface area contributed by atoms with E-state index in [0.29, 0.717) is 17.3 Å². The van der Waals surface area contributed by atoms with Gasteiger partial charge in [-0.25, -0.2) is 14.5 Å². The molecule has 0 fully saturated rings. The van der Waals surface area contributed by atoms with Crippen LogP contribution >= 0.6 is 0 Å². The Bertz CT molecular complexity index is 1430. The van der Waals surface area contributed by atoms with Gasteiger partial charge in [-0.1, -0.05) is 18.2 Å². The lowest BCUT2D eigenvalue weighted by Gasteiger charge is -2.06. The number of rotatable bonds is 4. The molecule has 0 spiro atoms. The van der Waals surface area contributed by atoms with Crippen molar-refractivity contribution in [2.24, 2.45) is 7.05 Å². The molecule has 0 saturated heterocycles. The molecule has 0 N–H and O–H groups in total. The summed E-state index contributed by atoms with van der Waals surface area (Å²) < 4.78 is 18.6. The molecular weight excluding hydrogens is 382 g/mol. The molecule has 0 bridgehead atoms. The molecule has 0 unspecified atom stereocenters. The summed E-state index contributed by atoms with van der Waals surface area (Å²) in [6.45, 7) is 3.63. The van der Waals surface area contributed by atoms with E-state index in [1.54, 1.807) is 29.9 Å². The van der Waals surface area contributed by atoms with E-state index in [9.17, 15) is 4.79 Å². The lowest BCUT2D eigenvalue weighted by atomic mass is 10.1. The maximum absolute atomic E-state index is 12.4. The smallest absolute Gasteiger partial charge is 0.349 e. The summed E-state index contributed by atoms with van der Waals surface area (Å²) in [6, 6.07) is 15.0. The fourth-order valence-corrected chi connectivity index (χ4v) is 3.71. The van der Waals surface area contributed by atoms with Crippen LogP contribution in [-0.2, 0) is 11.8 Å². The average Bonchev–Trinajstić information content (AvgIpc) is 3.24. The first kappa shape index (κ1) is 18.2. The standard InChI is InChI=1S/C23H19N3O4/c1-13-10-14(2)24-22-21(13)23(25-26(22)3)28-12-20(27)29-15-8-9-19-17(11-15)16-6-4-5-7-18(16)30-19/h4-11H,12H2,1-3H3. The number of furan rings is 1. The second-order valence-electron chi connectivity index (χ2n) is 7.23. The summed E-state index contributed by atoms with van der Waals surface area (Å²) >= 11 is 0. The van der Waals surface area contributed by atoms with Crippen LogP contribution in [0.5, 0.6) is 11.6 Å². The molecule has 0 aliphatic rings. The first-order chi connectivity index (χ1) is 14.5.